The summed E-state index contributed by atoms with van der Waals surface area (Å²) in [6.07, 6.45) is 10.4. The van der Waals surface area contributed by atoms with Gasteiger partial charge in [-0.15, -0.1) is 0 Å². The van der Waals surface area contributed by atoms with Crippen molar-refractivity contribution in [1.82, 2.24) is 19.9 Å². The van der Waals surface area contributed by atoms with Crippen LogP contribution in [-0.4, -0.2) is 31.6 Å². The van der Waals surface area contributed by atoms with Gasteiger partial charge in [-0.25, -0.2) is 15.0 Å². The molecule has 7 nitrogen and oxygen atoms in total. The topological polar surface area (TPSA) is 101 Å². The highest BCUT2D eigenvalue weighted by atomic mass is 16.2. The molecule has 0 unspecified atom stereocenters. The number of amides is 1. The quantitative estimate of drug-likeness (QED) is 0.863. The van der Waals surface area contributed by atoms with E-state index in [0.29, 0.717) is 17.0 Å². The lowest BCUT2D eigenvalue weighted by Gasteiger charge is -2.06. The van der Waals surface area contributed by atoms with Crippen LogP contribution in [0.1, 0.15) is 12.8 Å². The second-order valence-corrected chi connectivity index (χ2v) is 4.63. The van der Waals surface area contributed by atoms with Gasteiger partial charge in [-0.05, 0) is 0 Å². The van der Waals surface area contributed by atoms with Crippen molar-refractivity contribution in [1.29, 1.82) is 0 Å². The largest absolute Gasteiger partial charge is 0.340 e. The highest BCUT2D eigenvalue weighted by Gasteiger charge is 2.16. The molecule has 0 saturated carbocycles. The number of allylic oxidation sites excluding steroid dienone is 4. The molecule has 2 N–H and O–H groups in total. The van der Waals surface area contributed by atoms with E-state index in [4.69, 9.17) is 0 Å². The maximum atomic E-state index is 11.9. The van der Waals surface area contributed by atoms with E-state index in [-0.39, 0.29) is 30.4 Å². The van der Waals surface area contributed by atoms with E-state index in [1.165, 1.54) is 12.7 Å². The SMILES string of the molecule is O=C(CCC(=O)C1C=CC=C1)Nc1ncnc2nc[nH]c12. The van der Waals surface area contributed by atoms with Gasteiger partial charge in [-0.1, -0.05) is 24.3 Å². The zero-order chi connectivity index (χ0) is 14.7. The zero-order valence-electron chi connectivity index (χ0n) is 11.1. The third kappa shape index (κ3) is 2.86. The van der Waals surface area contributed by atoms with Crippen LogP contribution in [-0.2, 0) is 9.59 Å². The minimum absolute atomic E-state index is 0.0320. The average Bonchev–Trinajstić information content (AvgIpc) is 3.16. The lowest BCUT2D eigenvalue weighted by Crippen LogP contribution is -2.16. The summed E-state index contributed by atoms with van der Waals surface area (Å²) in [5.74, 6) is -0.0554. The van der Waals surface area contributed by atoms with Crippen molar-refractivity contribution < 1.29 is 9.59 Å². The Bertz CT molecular complexity index is 735. The van der Waals surface area contributed by atoms with Gasteiger partial charge in [-0.2, -0.15) is 0 Å². The first-order chi connectivity index (χ1) is 10.2. The minimum atomic E-state index is -0.260. The molecule has 0 spiro atoms. The second kappa shape index (κ2) is 5.66. The van der Waals surface area contributed by atoms with Crippen LogP contribution in [0.25, 0.3) is 11.2 Å². The molecule has 0 aromatic carbocycles. The summed E-state index contributed by atoms with van der Waals surface area (Å²) >= 11 is 0. The van der Waals surface area contributed by atoms with Crippen molar-refractivity contribution in [2.75, 3.05) is 5.32 Å². The number of fused-ring (bicyclic) bond motifs is 1. The molecule has 1 aliphatic carbocycles. The van der Waals surface area contributed by atoms with E-state index in [0.717, 1.165) is 0 Å². The molecule has 3 rings (SSSR count). The van der Waals surface area contributed by atoms with E-state index >= 15 is 0 Å². The summed E-state index contributed by atoms with van der Waals surface area (Å²) in [5.41, 5.74) is 1.05. The highest BCUT2D eigenvalue weighted by Crippen LogP contribution is 2.16. The lowest BCUT2D eigenvalue weighted by molar-refractivity contribution is -0.123. The first-order valence-corrected chi connectivity index (χ1v) is 6.55. The van der Waals surface area contributed by atoms with Crippen LogP contribution in [0.3, 0.4) is 0 Å². The Labute approximate surface area is 120 Å². The number of ketones is 1. The molecule has 2 heterocycles. The maximum absolute atomic E-state index is 11.9. The van der Waals surface area contributed by atoms with Gasteiger partial charge < -0.3 is 10.3 Å². The third-order valence-corrected chi connectivity index (χ3v) is 3.20. The number of hydrogen-bond acceptors (Lipinski definition) is 5. The van der Waals surface area contributed by atoms with E-state index in [1.807, 2.05) is 24.3 Å². The molecule has 21 heavy (non-hydrogen) atoms. The molecule has 2 aromatic rings. The number of nitrogens with one attached hydrogen (secondary N) is 2. The predicted molar refractivity (Wildman–Crippen MR) is 76.3 cm³/mol. The molecule has 1 aliphatic rings. The first-order valence-electron chi connectivity index (χ1n) is 6.55. The Balaban J connectivity index is 1.59. The summed E-state index contributed by atoms with van der Waals surface area (Å²) in [7, 11) is 0. The summed E-state index contributed by atoms with van der Waals surface area (Å²) < 4.78 is 0. The number of Topliss-reactive ketones (excluding diaryl/α,β-unsaturated/α-hetero) is 1. The van der Waals surface area contributed by atoms with Crippen molar-refractivity contribution in [2.24, 2.45) is 5.92 Å². The van der Waals surface area contributed by atoms with Gasteiger partial charge in [0.25, 0.3) is 0 Å². The van der Waals surface area contributed by atoms with Crippen molar-refractivity contribution in [3.8, 4) is 0 Å². The van der Waals surface area contributed by atoms with Crippen molar-refractivity contribution in [3.63, 3.8) is 0 Å². The standard InChI is InChI=1S/C14H13N5O2/c20-10(9-3-1-2-4-9)5-6-11(21)19-14-12-13(16-7-15-12)17-8-18-14/h1-4,7-9H,5-6H2,(H2,15,16,17,18,19,21). The number of rotatable bonds is 5. The molecule has 0 aliphatic heterocycles. The van der Waals surface area contributed by atoms with Crippen LogP contribution in [0.4, 0.5) is 5.82 Å². The molecule has 0 atom stereocenters. The molecule has 2 aromatic heterocycles. The summed E-state index contributed by atoms with van der Waals surface area (Å²) in [5, 5.41) is 2.67. The number of hydrogen-bond donors (Lipinski definition) is 2. The molecule has 7 heteroatoms. The van der Waals surface area contributed by atoms with Crippen molar-refractivity contribution in [3.05, 3.63) is 37.0 Å². The Kier molecular flexibility index (Phi) is 3.55. The minimum Gasteiger partial charge on any atom is -0.340 e. The average molecular weight is 283 g/mol. The number of nitrogens with zero attached hydrogens (tertiary/aromatic N) is 3. The number of carbonyl (C=O) groups excluding carboxylic acids is 2. The Hall–Kier alpha value is -2.83. The molecule has 0 fully saturated rings. The number of aromatic amines is 1. The Morgan fingerprint density at radius 1 is 1.14 bits per heavy atom. The fraction of sp³-hybridized carbons (Fsp3) is 0.214. The van der Waals surface area contributed by atoms with E-state index in [1.54, 1.807) is 0 Å². The van der Waals surface area contributed by atoms with Gasteiger partial charge in [-0.3, -0.25) is 9.59 Å². The van der Waals surface area contributed by atoms with Crippen LogP contribution in [0.2, 0.25) is 0 Å². The summed E-state index contributed by atoms with van der Waals surface area (Å²) in [4.78, 5) is 38.6. The van der Waals surface area contributed by atoms with Gasteiger partial charge in [0.1, 0.15) is 17.6 Å². The number of anilines is 1. The molecular formula is C14H13N5O2. The Morgan fingerprint density at radius 2 is 1.95 bits per heavy atom. The van der Waals surface area contributed by atoms with Crippen LogP contribution in [0.15, 0.2) is 37.0 Å². The van der Waals surface area contributed by atoms with Crippen LogP contribution >= 0.6 is 0 Å². The van der Waals surface area contributed by atoms with Crippen LogP contribution in [0.5, 0.6) is 0 Å². The zero-order valence-corrected chi connectivity index (χ0v) is 11.1. The number of aromatic nitrogens is 4. The van der Waals surface area contributed by atoms with Gasteiger partial charge >= 0.3 is 0 Å². The summed E-state index contributed by atoms with van der Waals surface area (Å²) in [6.45, 7) is 0. The first kappa shape index (κ1) is 13.2. The second-order valence-electron chi connectivity index (χ2n) is 4.63. The number of imidazole rings is 1. The van der Waals surface area contributed by atoms with E-state index in [2.05, 4.69) is 25.3 Å². The lowest BCUT2D eigenvalue weighted by atomic mass is 10.0. The van der Waals surface area contributed by atoms with Crippen molar-refractivity contribution >= 4 is 28.7 Å². The highest BCUT2D eigenvalue weighted by molar-refractivity contribution is 5.98. The maximum Gasteiger partial charge on any atom is 0.226 e. The fourth-order valence-electron chi connectivity index (χ4n) is 2.10. The van der Waals surface area contributed by atoms with Crippen LogP contribution < -0.4 is 5.32 Å². The monoisotopic (exact) mass is 283 g/mol. The predicted octanol–water partition coefficient (Wildman–Crippen LogP) is 1.38. The smallest absolute Gasteiger partial charge is 0.226 e. The van der Waals surface area contributed by atoms with Crippen LogP contribution in [0, 0.1) is 5.92 Å². The van der Waals surface area contributed by atoms with Gasteiger partial charge in [0.05, 0.1) is 12.2 Å². The van der Waals surface area contributed by atoms with Gasteiger partial charge in [0, 0.05) is 12.8 Å². The fourth-order valence-corrected chi connectivity index (χ4v) is 2.10. The molecule has 1 amide bonds. The molecule has 0 bridgehead atoms. The van der Waals surface area contributed by atoms with Gasteiger partial charge in [0.2, 0.25) is 5.91 Å². The normalized spacial score (nSPS) is 13.9. The van der Waals surface area contributed by atoms with Crippen molar-refractivity contribution in [2.45, 2.75) is 12.8 Å². The van der Waals surface area contributed by atoms with E-state index in [9.17, 15) is 9.59 Å². The number of H-pyrrole nitrogens is 1. The Morgan fingerprint density at radius 3 is 2.76 bits per heavy atom. The molecule has 106 valence electrons. The molecular weight excluding hydrogens is 270 g/mol. The van der Waals surface area contributed by atoms with E-state index < -0.39 is 0 Å². The third-order valence-electron chi connectivity index (χ3n) is 3.20. The molecule has 0 saturated heterocycles. The summed E-state index contributed by atoms with van der Waals surface area (Å²) in [6, 6.07) is 0. The number of carbonyl (C=O) groups is 2. The molecule has 0 radical (unpaired) electrons. The van der Waals surface area contributed by atoms with Gasteiger partial charge in [0.15, 0.2) is 11.5 Å².